The number of nitrogens with one attached hydrogen (secondary N) is 1. The van der Waals surface area contributed by atoms with Crippen molar-refractivity contribution in [1.82, 2.24) is 15.5 Å². The van der Waals surface area contributed by atoms with Gasteiger partial charge in [0.1, 0.15) is 6.54 Å². The maximum atomic E-state index is 11.2. The molecule has 1 N–H and O–H groups in total. The lowest BCUT2D eigenvalue weighted by Crippen LogP contribution is -2.30. The zero-order chi connectivity index (χ0) is 10.6. The predicted molar refractivity (Wildman–Crippen MR) is 49.3 cm³/mol. The third-order valence-corrected chi connectivity index (χ3v) is 2.23. The molecule has 1 aromatic heterocycles. The van der Waals surface area contributed by atoms with Crippen LogP contribution in [0.1, 0.15) is 9.80 Å². The zero-order valence-corrected chi connectivity index (χ0v) is 8.68. The molecule has 0 aliphatic rings. The number of amides is 1. The van der Waals surface area contributed by atoms with Crippen molar-refractivity contribution in [2.75, 3.05) is 13.7 Å². The van der Waals surface area contributed by atoms with Crippen LogP contribution in [0.15, 0.2) is 0 Å². The second-order valence-electron chi connectivity index (χ2n) is 2.12. The Morgan fingerprint density at radius 1 is 1.57 bits per heavy atom. The Morgan fingerprint density at radius 2 is 2.29 bits per heavy atom. The first-order chi connectivity index (χ1) is 6.63. The van der Waals surface area contributed by atoms with Gasteiger partial charge in [0, 0.05) is 0 Å². The van der Waals surface area contributed by atoms with E-state index in [2.05, 4.69) is 20.3 Å². The SMILES string of the molecule is COC(=O)CNC(=O)c1nnc(Cl)s1. The van der Waals surface area contributed by atoms with Crippen LogP contribution >= 0.6 is 22.9 Å². The molecule has 0 spiro atoms. The number of rotatable bonds is 3. The molecule has 1 rings (SSSR count). The third-order valence-electron chi connectivity index (χ3n) is 1.22. The minimum absolute atomic E-state index is 0.110. The van der Waals surface area contributed by atoms with Crippen molar-refractivity contribution in [3.8, 4) is 0 Å². The number of hydrogen-bond donors (Lipinski definition) is 1. The molecule has 76 valence electrons. The fourth-order valence-electron chi connectivity index (χ4n) is 0.597. The number of nitrogens with zero attached hydrogens (tertiary/aromatic N) is 2. The molecule has 0 bridgehead atoms. The maximum Gasteiger partial charge on any atom is 0.325 e. The summed E-state index contributed by atoms with van der Waals surface area (Å²) in [6.07, 6.45) is 0. The maximum absolute atomic E-state index is 11.2. The van der Waals surface area contributed by atoms with E-state index in [1.807, 2.05) is 0 Å². The highest BCUT2D eigenvalue weighted by Crippen LogP contribution is 2.14. The number of methoxy groups -OCH3 is 1. The summed E-state index contributed by atoms with van der Waals surface area (Å²) in [5.41, 5.74) is 0. The Bertz CT molecular complexity index is 354. The van der Waals surface area contributed by atoms with Gasteiger partial charge in [-0.25, -0.2) is 0 Å². The first-order valence-corrected chi connectivity index (χ1v) is 4.67. The lowest BCUT2D eigenvalue weighted by atomic mass is 10.5. The van der Waals surface area contributed by atoms with E-state index < -0.39 is 11.9 Å². The zero-order valence-electron chi connectivity index (χ0n) is 7.11. The molecule has 14 heavy (non-hydrogen) atoms. The fourth-order valence-corrected chi connectivity index (χ4v) is 1.34. The van der Waals surface area contributed by atoms with Crippen molar-refractivity contribution in [3.05, 3.63) is 9.47 Å². The van der Waals surface area contributed by atoms with Crippen LogP contribution in [0.5, 0.6) is 0 Å². The van der Waals surface area contributed by atoms with Gasteiger partial charge in [-0.3, -0.25) is 9.59 Å². The molecule has 0 aliphatic carbocycles. The molecule has 0 aliphatic heterocycles. The smallest absolute Gasteiger partial charge is 0.325 e. The summed E-state index contributed by atoms with van der Waals surface area (Å²) in [4.78, 5) is 21.9. The van der Waals surface area contributed by atoms with E-state index in [0.717, 1.165) is 11.3 Å². The summed E-state index contributed by atoms with van der Waals surface area (Å²) in [5.74, 6) is -1.03. The largest absolute Gasteiger partial charge is 0.468 e. The lowest BCUT2D eigenvalue weighted by Gasteiger charge is -1.99. The molecule has 0 aromatic carbocycles. The number of ether oxygens (including phenoxy) is 1. The van der Waals surface area contributed by atoms with Gasteiger partial charge in [-0.2, -0.15) is 0 Å². The van der Waals surface area contributed by atoms with Gasteiger partial charge in [-0.05, 0) is 11.6 Å². The minimum Gasteiger partial charge on any atom is -0.468 e. The van der Waals surface area contributed by atoms with Crippen LogP contribution < -0.4 is 5.32 Å². The fraction of sp³-hybridized carbons (Fsp3) is 0.333. The average molecular weight is 236 g/mol. The Morgan fingerprint density at radius 3 is 2.79 bits per heavy atom. The van der Waals surface area contributed by atoms with Crippen molar-refractivity contribution in [1.29, 1.82) is 0 Å². The van der Waals surface area contributed by atoms with Crippen molar-refractivity contribution in [3.63, 3.8) is 0 Å². The van der Waals surface area contributed by atoms with Crippen molar-refractivity contribution >= 4 is 34.8 Å². The standard InChI is InChI=1S/C6H6ClN3O3S/c1-13-3(11)2-8-4(12)5-9-10-6(7)14-5/h2H2,1H3,(H,8,12). The van der Waals surface area contributed by atoms with Crippen LogP contribution in [0.3, 0.4) is 0 Å². The Labute approximate surface area is 88.2 Å². The van der Waals surface area contributed by atoms with Gasteiger partial charge >= 0.3 is 5.97 Å². The second kappa shape index (κ2) is 4.87. The van der Waals surface area contributed by atoms with Crippen LogP contribution in [0, 0.1) is 0 Å². The first kappa shape index (κ1) is 10.9. The van der Waals surface area contributed by atoms with Crippen molar-refractivity contribution in [2.45, 2.75) is 0 Å². The predicted octanol–water partition coefficient (Wildman–Crippen LogP) is 0.0943. The highest BCUT2D eigenvalue weighted by Gasteiger charge is 2.12. The monoisotopic (exact) mass is 235 g/mol. The quantitative estimate of drug-likeness (QED) is 0.752. The lowest BCUT2D eigenvalue weighted by molar-refractivity contribution is -0.139. The molecule has 8 heteroatoms. The summed E-state index contributed by atoms with van der Waals surface area (Å²) in [6.45, 7) is -0.202. The van der Waals surface area contributed by atoms with Crippen LogP contribution in [0.25, 0.3) is 0 Å². The molecule has 0 unspecified atom stereocenters. The van der Waals surface area contributed by atoms with Crippen LogP contribution in [-0.2, 0) is 9.53 Å². The molecule has 6 nitrogen and oxygen atoms in total. The van der Waals surface area contributed by atoms with Gasteiger partial charge in [-0.15, -0.1) is 10.2 Å². The number of aromatic nitrogens is 2. The number of carbonyl (C=O) groups excluding carboxylic acids is 2. The van der Waals surface area contributed by atoms with Gasteiger partial charge < -0.3 is 10.1 Å². The molecule has 0 fully saturated rings. The van der Waals surface area contributed by atoms with E-state index in [9.17, 15) is 9.59 Å². The number of hydrogen-bond acceptors (Lipinski definition) is 6. The molecule has 0 saturated heterocycles. The van der Waals surface area contributed by atoms with Crippen LogP contribution in [0.2, 0.25) is 4.47 Å². The summed E-state index contributed by atoms with van der Waals surface area (Å²) in [7, 11) is 1.23. The number of carbonyl (C=O) groups is 2. The highest BCUT2D eigenvalue weighted by atomic mass is 35.5. The van der Waals surface area contributed by atoms with Gasteiger partial charge in [0.15, 0.2) is 0 Å². The first-order valence-electron chi connectivity index (χ1n) is 3.47. The Balaban J connectivity index is 2.47. The van der Waals surface area contributed by atoms with Gasteiger partial charge in [-0.1, -0.05) is 11.3 Å². The van der Waals surface area contributed by atoms with E-state index in [4.69, 9.17) is 11.6 Å². The summed E-state index contributed by atoms with van der Waals surface area (Å²) < 4.78 is 4.50. The van der Waals surface area contributed by atoms with Crippen LogP contribution in [-0.4, -0.2) is 35.7 Å². The topological polar surface area (TPSA) is 81.2 Å². The normalized spacial score (nSPS) is 9.57. The van der Waals surface area contributed by atoms with E-state index in [1.54, 1.807) is 0 Å². The van der Waals surface area contributed by atoms with Crippen LogP contribution in [0.4, 0.5) is 0 Å². The van der Waals surface area contributed by atoms with Gasteiger partial charge in [0.05, 0.1) is 7.11 Å². The number of esters is 1. The molecule has 1 aromatic rings. The van der Waals surface area contributed by atoms with Crippen molar-refractivity contribution < 1.29 is 14.3 Å². The average Bonchev–Trinajstić information content (AvgIpc) is 2.60. The molecular formula is C6H6ClN3O3S. The van der Waals surface area contributed by atoms with E-state index in [-0.39, 0.29) is 16.0 Å². The molecule has 0 atom stereocenters. The molecule has 0 radical (unpaired) electrons. The second-order valence-corrected chi connectivity index (χ2v) is 3.68. The van der Waals surface area contributed by atoms with Gasteiger partial charge in [0.25, 0.3) is 5.91 Å². The third kappa shape index (κ3) is 2.93. The van der Waals surface area contributed by atoms with Crippen molar-refractivity contribution in [2.24, 2.45) is 0 Å². The van der Waals surface area contributed by atoms with E-state index >= 15 is 0 Å². The van der Waals surface area contributed by atoms with E-state index in [1.165, 1.54) is 7.11 Å². The Hall–Kier alpha value is -1.21. The molecule has 1 heterocycles. The summed E-state index contributed by atoms with van der Waals surface area (Å²) >= 11 is 6.40. The van der Waals surface area contributed by atoms with Gasteiger partial charge in [0.2, 0.25) is 9.47 Å². The highest BCUT2D eigenvalue weighted by molar-refractivity contribution is 7.17. The Kier molecular flexibility index (Phi) is 3.78. The molecule has 1 amide bonds. The summed E-state index contributed by atoms with van der Waals surface area (Å²) in [6, 6.07) is 0. The molecule has 0 saturated carbocycles. The minimum atomic E-state index is -0.533. The molecular weight excluding hydrogens is 230 g/mol. The number of halogens is 1. The van der Waals surface area contributed by atoms with E-state index in [0.29, 0.717) is 0 Å². The summed E-state index contributed by atoms with van der Waals surface area (Å²) in [5, 5.41) is 9.34.